The number of thiophene rings is 1. The third-order valence-electron chi connectivity index (χ3n) is 2.14. The molecule has 0 radical (unpaired) electrons. The number of carbonyl (C=O) groups is 1. The van der Waals surface area contributed by atoms with Gasteiger partial charge in [-0.25, -0.2) is 4.98 Å². The highest BCUT2D eigenvalue weighted by Crippen LogP contribution is 2.25. The fourth-order valence-electron chi connectivity index (χ4n) is 1.32. The van der Waals surface area contributed by atoms with Crippen LogP contribution in [0.1, 0.15) is 12.1 Å². The molecule has 90 valence electrons. The minimum atomic E-state index is -0.783. The van der Waals surface area contributed by atoms with Crippen molar-refractivity contribution in [1.82, 2.24) is 10.3 Å². The Kier molecular flexibility index (Phi) is 4.24. The summed E-state index contributed by atoms with van der Waals surface area (Å²) in [6.45, 7) is 1.09. The van der Waals surface area contributed by atoms with Crippen LogP contribution in [0.25, 0.3) is 10.6 Å². The van der Waals surface area contributed by atoms with Crippen molar-refractivity contribution in [2.45, 2.75) is 13.0 Å². The van der Waals surface area contributed by atoms with Gasteiger partial charge in [-0.2, -0.15) is 11.3 Å². The standard InChI is InChI=1S/C11H12N2O2S2/c14-10(15)1-3-12-5-9-7-17-11(13-9)8-2-4-16-6-8/h2,4,6-7,12H,1,3,5H2,(H,14,15). The third-order valence-corrected chi connectivity index (χ3v) is 3.77. The first-order chi connectivity index (χ1) is 8.25. The summed E-state index contributed by atoms with van der Waals surface area (Å²) in [5.41, 5.74) is 2.11. The van der Waals surface area contributed by atoms with E-state index in [2.05, 4.69) is 15.7 Å². The van der Waals surface area contributed by atoms with Crippen LogP contribution in [0.15, 0.2) is 22.2 Å². The van der Waals surface area contributed by atoms with Crippen molar-refractivity contribution in [2.24, 2.45) is 0 Å². The maximum Gasteiger partial charge on any atom is 0.304 e. The fraction of sp³-hybridized carbons (Fsp3) is 0.273. The van der Waals surface area contributed by atoms with Crippen molar-refractivity contribution in [3.05, 3.63) is 27.9 Å². The van der Waals surface area contributed by atoms with Crippen molar-refractivity contribution >= 4 is 28.6 Å². The molecular weight excluding hydrogens is 256 g/mol. The van der Waals surface area contributed by atoms with Gasteiger partial charge < -0.3 is 10.4 Å². The van der Waals surface area contributed by atoms with Gasteiger partial charge in [0.25, 0.3) is 0 Å². The molecule has 0 bridgehead atoms. The maximum absolute atomic E-state index is 10.3. The second-order valence-corrected chi connectivity index (χ2v) is 5.11. The van der Waals surface area contributed by atoms with E-state index in [1.807, 2.05) is 16.8 Å². The van der Waals surface area contributed by atoms with Crippen LogP contribution >= 0.6 is 22.7 Å². The molecule has 0 spiro atoms. The summed E-state index contributed by atoms with van der Waals surface area (Å²) in [5.74, 6) is -0.783. The van der Waals surface area contributed by atoms with Crippen LogP contribution in [0.5, 0.6) is 0 Å². The molecule has 0 saturated carbocycles. The number of hydrogen-bond acceptors (Lipinski definition) is 5. The number of hydrogen-bond donors (Lipinski definition) is 2. The van der Waals surface area contributed by atoms with Crippen molar-refractivity contribution in [2.75, 3.05) is 6.54 Å². The zero-order chi connectivity index (χ0) is 12.1. The molecule has 0 aliphatic heterocycles. The van der Waals surface area contributed by atoms with Crippen LogP contribution in [0.3, 0.4) is 0 Å². The van der Waals surface area contributed by atoms with Gasteiger partial charge in [-0.3, -0.25) is 4.79 Å². The van der Waals surface area contributed by atoms with Gasteiger partial charge in [-0.1, -0.05) is 0 Å². The first kappa shape index (κ1) is 12.2. The van der Waals surface area contributed by atoms with Gasteiger partial charge in [0.2, 0.25) is 0 Å². The molecule has 0 aliphatic carbocycles. The van der Waals surface area contributed by atoms with E-state index < -0.39 is 5.97 Å². The molecule has 0 unspecified atom stereocenters. The largest absolute Gasteiger partial charge is 0.481 e. The third kappa shape index (κ3) is 3.62. The molecule has 2 aromatic rings. The second kappa shape index (κ2) is 5.90. The lowest BCUT2D eigenvalue weighted by Gasteiger charge is -1.98. The molecule has 2 rings (SSSR count). The Balaban J connectivity index is 1.84. The van der Waals surface area contributed by atoms with Crippen LogP contribution in [0, 0.1) is 0 Å². The number of thiazole rings is 1. The van der Waals surface area contributed by atoms with E-state index in [-0.39, 0.29) is 6.42 Å². The first-order valence-electron chi connectivity index (χ1n) is 5.15. The molecule has 2 aromatic heterocycles. The molecule has 2 heterocycles. The number of aromatic nitrogens is 1. The predicted octanol–water partition coefficient (Wildman–Crippen LogP) is 2.44. The monoisotopic (exact) mass is 268 g/mol. The number of rotatable bonds is 6. The van der Waals surface area contributed by atoms with Gasteiger partial charge in [0.15, 0.2) is 0 Å². The van der Waals surface area contributed by atoms with Crippen LogP contribution in [0.2, 0.25) is 0 Å². The Morgan fingerprint density at radius 3 is 3.06 bits per heavy atom. The Labute approximate surface area is 107 Å². The Bertz CT molecular complexity index is 479. The zero-order valence-electron chi connectivity index (χ0n) is 9.05. The van der Waals surface area contributed by atoms with Crippen molar-refractivity contribution in [1.29, 1.82) is 0 Å². The van der Waals surface area contributed by atoms with Crippen LogP contribution in [-0.4, -0.2) is 22.6 Å². The van der Waals surface area contributed by atoms with Crippen molar-refractivity contribution < 1.29 is 9.90 Å². The number of carboxylic acids is 1. The molecule has 0 saturated heterocycles. The van der Waals surface area contributed by atoms with Gasteiger partial charge in [-0.15, -0.1) is 11.3 Å². The van der Waals surface area contributed by atoms with Crippen molar-refractivity contribution in [3.8, 4) is 10.6 Å². The van der Waals surface area contributed by atoms with Gasteiger partial charge >= 0.3 is 5.97 Å². The second-order valence-electron chi connectivity index (χ2n) is 3.48. The molecule has 0 fully saturated rings. The predicted molar refractivity (Wildman–Crippen MR) is 69.4 cm³/mol. The molecule has 6 heteroatoms. The average Bonchev–Trinajstić information content (AvgIpc) is 2.94. The number of nitrogens with zero attached hydrogens (tertiary/aromatic N) is 1. The molecule has 0 amide bonds. The first-order valence-corrected chi connectivity index (χ1v) is 6.97. The topological polar surface area (TPSA) is 62.2 Å². The summed E-state index contributed by atoms with van der Waals surface area (Å²) < 4.78 is 0. The molecule has 2 N–H and O–H groups in total. The Morgan fingerprint density at radius 2 is 2.35 bits per heavy atom. The van der Waals surface area contributed by atoms with Crippen LogP contribution < -0.4 is 5.32 Å². The van der Waals surface area contributed by atoms with E-state index in [1.54, 1.807) is 22.7 Å². The summed E-state index contributed by atoms with van der Waals surface area (Å²) in [6, 6.07) is 2.05. The summed E-state index contributed by atoms with van der Waals surface area (Å²) in [7, 11) is 0. The van der Waals surface area contributed by atoms with Crippen LogP contribution in [-0.2, 0) is 11.3 Å². The van der Waals surface area contributed by atoms with E-state index in [1.165, 1.54) is 0 Å². The maximum atomic E-state index is 10.3. The highest BCUT2D eigenvalue weighted by atomic mass is 32.1. The lowest BCUT2D eigenvalue weighted by atomic mass is 10.3. The molecule has 0 atom stereocenters. The van der Waals surface area contributed by atoms with E-state index in [4.69, 9.17) is 5.11 Å². The normalized spacial score (nSPS) is 10.6. The van der Waals surface area contributed by atoms with Gasteiger partial charge in [0.05, 0.1) is 12.1 Å². The number of nitrogens with one attached hydrogen (secondary N) is 1. The molecule has 0 aliphatic rings. The minimum Gasteiger partial charge on any atom is -0.481 e. The Hall–Kier alpha value is -1.24. The molecule has 4 nitrogen and oxygen atoms in total. The van der Waals surface area contributed by atoms with Crippen molar-refractivity contribution in [3.63, 3.8) is 0 Å². The van der Waals surface area contributed by atoms with E-state index in [0.29, 0.717) is 13.1 Å². The summed E-state index contributed by atoms with van der Waals surface area (Å²) in [5, 5.41) is 18.7. The highest BCUT2D eigenvalue weighted by Gasteiger charge is 2.04. The molecule has 17 heavy (non-hydrogen) atoms. The molecular formula is C11H12N2O2S2. The van der Waals surface area contributed by atoms with E-state index in [0.717, 1.165) is 16.3 Å². The highest BCUT2D eigenvalue weighted by molar-refractivity contribution is 7.14. The van der Waals surface area contributed by atoms with Gasteiger partial charge in [-0.05, 0) is 11.4 Å². The average molecular weight is 268 g/mol. The van der Waals surface area contributed by atoms with Crippen LogP contribution in [0.4, 0.5) is 0 Å². The van der Waals surface area contributed by atoms with Gasteiger partial charge in [0, 0.05) is 29.4 Å². The zero-order valence-corrected chi connectivity index (χ0v) is 10.7. The number of aliphatic carboxylic acids is 1. The fourth-order valence-corrected chi connectivity index (χ4v) is 2.85. The lowest BCUT2D eigenvalue weighted by molar-refractivity contribution is -0.136. The van der Waals surface area contributed by atoms with E-state index in [9.17, 15) is 4.79 Å². The smallest absolute Gasteiger partial charge is 0.304 e. The summed E-state index contributed by atoms with van der Waals surface area (Å²) in [6.07, 6.45) is 0.140. The summed E-state index contributed by atoms with van der Waals surface area (Å²) >= 11 is 3.26. The Morgan fingerprint density at radius 1 is 1.47 bits per heavy atom. The summed E-state index contributed by atoms with van der Waals surface area (Å²) in [4.78, 5) is 14.8. The number of carboxylic acid groups (broad SMARTS) is 1. The SMILES string of the molecule is O=C(O)CCNCc1csc(-c2ccsc2)n1. The molecule has 0 aromatic carbocycles. The van der Waals surface area contributed by atoms with Gasteiger partial charge in [0.1, 0.15) is 5.01 Å². The van der Waals surface area contributed by atoms with E-state index >= 15 is 0 Å². The minimum absolute atomic E-state index is 0.140. The quantitative estimate of drug-likeness (QED) is 0.790. The lowest BCUT2D eigenvalue weighted by Crippen LogP contribution is -2.17.